The second-order valence-electron chi connectivity index (χ2n) is 8.77. The van der Waals surface area contributed by atoms with E-state index in [0.29, 0.717) is 6.42 Å². The van der Waals surface area contributed by atoms with Gasteiger partial charge in [0.05, 0.1) is 0 Å². The Labute approximate surface area is 209 Å². The van der Waals surface area contributed by atoms with E-state index in [0.717, 1.165) is 22.3 Å². The van der Waals surface area contributed by atoms with Gasteiger partial charge in [0.1, 0.15) is 18.8 Å². The number of aliphatic carboxylic acids is 2. The van der Waals surface area contributed by atoms with Crippen LogP contribution in [-0.2, 0) is 14.3 Å². The van der Waals surface area contributed by atoms with Crippen molar-refractivity contribution in [1.29, 1.82) is 0 Å². The third-order valence-corrected chi connectivity index (χ3v) is 6.37. The fourth-order valence-electron chi connectivity index (χ4n) is 4.19. The molecule has 2 aromatic carbocycles. The van der Waals surface area contributed by atoms with Crippen molar-refractivity contribution < 1.29 is 34.1 Å². The number of rotatable bonds is 11. The number of urea groups is 1. The average Bonchev–Trinajstić information content (AvgIpc) is 3.17. The summed E-state index contributed by atoms with van der Waals surface area (Å²) in [6, 6.07) is 13.7. The Morgan fingerprint density at radius 2 is 1.50 bits per heavy atom. The van der Waals surface area contributed by atoms with Crippen LogP contribution in [0.25, 0.3) is 11.1 Å². The van der Waals surface area contributed by atoms with E-state index in [2.05, 4.69) is 16.0 Å². The summed E-state index contributed by atoms with van der Waals surface area (Å²) in [5, 5.41) is 25.5. The first-order chi connectivity index (χ1) is 17.2. The molecule has 36 heavy (non-hydrogen) atoms. The second-order valence-corrected chi connectivity index (χ2v) is 8.77. The fourth-order valence-corrected chi connectivity index (χ4v) is 4.19. The highest BCUT2D eigenvalue weighted by Crippen LogP contribution is 2.44. The Hall–Kier alpha value is -4.08. The van der Waals surface area contributed by atoms with Gasteiger partial charge in [-0.25, -0.2) is 14.4 Å². The number of carbonyl (C=O) groups is 4. The summed E-state index contributed by atoms with van der Waals surface area (Å²) in [6.07, 6.45) is -1.63. The maximum atomic E-state index is 12.7. The molecule has 3 atom stereocenters. The summed E-state index contributed by atoms with van der Waals surface area (Å²) < 4.78 is 5.55. The van der Waals surface area contributed by atoms with Crippen molar-refractivity contribution in [2.24, 2.45) is 5.92 Å². The molecule has 0 bridgehead atoms. The summed E-state index contributed by atoms with van der Waals surface area (Å²) in [7, 11) is 0. The smallest absolute Gasteiger partial charge is 0.408 e. The van der Waals surface area contributed by atoms with E-state index in [1.54, 1.807) is 0 Å². The van der Waals surface area contributed by atoms with Crippen LogP contribution in [0, 0.1) is 5.92 Å². The lowest BCUT2D eigenvalue weighted by Crippen LogP contribution is -2.56. The predicted molar refractivity (Wildman–Crippen MR) is 131 cm³/mol. The Morgan fingerprint density at radius 3 is 2.03 bits per heavy atom. The van der Waals surface area contributed by atoms with E-state index in [9.17, 15) is 24.3 Å². The molecular weight excluding hydrogens is 466 g/mol. The van der Waals surface area contributed by atoms with E-state index >= 15 is 0 Å². The zero-order chi connectivity index (χ0) is 26.2. The second kappa shape index (κ2) is 12.1. The van der Waals surface area contributed by atoms with Crippen molar-refractivity contribution in [3.63, 3.8) is 0 Å². The molecule has 10 nitrogen and oxygen atoms in total. The number of carbonyl (C=O) groups excluding carboxylic acids is 2. The molecule has 3 rings (SSSR count). The number of benzene rings is 2. The minimum Gasteiger partial charge on any atom is -0.481 e. The Bertz CT molecular complexity index is 1070. The van der Waals surface area contributed by atoms with Gasteiger partial charge in [0, 0.05) is 12.3 Å². The highest BCUT2D eigenvalue weighted by atomic mass is 16.5. The lowest BCUT2D eigenvalue weighted by Gasteiger charge is -2.26. The largest absolute Gasteiger partial charge is 0.481 e. The van der Waals surface area contributed by atoms with Gasteiger partial charge in [-0.05, 0) is 41.0 Å². The van der Waals surface area contributed by atoms with Crippen LogP contribution < -0.4 is 16.0 Å². The van der Waals surface area contributed by atoms with Gasteiger partial charge in [0.2, 0.25) is 0 Å². The molecule has 1 aliphatic carbocycles. The SMILES string of the molecule is CC[C@H](C)[C@@H](NC(=O)N[C@@H](CCC(=O)O)C(=O)O)NC(=O)OCC1c2ccccc2-c2ccccc21. The molecule has 0 aromatic heterocycles. The van der Waals surface area contributed by atoms with Crippen molar-refractivity contribution in [3.8, 4) is 11.1 Å². The fraction of sp³-hybridized carbons (Fsp3) is 0.385. The number of hydrogen-bond acceptors (Lipinski definition) is 5. The van der Waals surface area contributed by atoms with E-state index in [4.69, 9.17) is 9.84 Å². The third kappa shape index (κ3) is 6.53. The van der Waals surface area contributed by atoms with Gasteiger partial charge in [0.25, 0.3) is 0 Å². The summed E-state index contributed by atoms with van der Waals surface area (Å²) in [5.41, 5.74) is 4.36. The molecule has 0 saturated heterocycles. The van der Waals surface area contributed by atoms with Gasteiger partial charge >= 0.3 is 24.1 Å². The van der Waals surface area contributed by atoms with E-state index in [-0.39, 0.29) is 24.9 Å². The van der Waals surface area contributed by atoms with Crippen molar-refractivity contribution in [3.05, 3.63) is 59.7 Å². The van der Waals surface area contributed by atoms with Crippen LogP contribution in [0.15, 0.2) is 48.5 Å². The zero-order valence-electron chi connectivity index (χ0n) is 20.2. The molecule has 0 saturated carbocycles. The van der Waals surface area contributed by atoms with Crippen LogP contribution in [0.5, 0.6) is 0 Å². The van der Waals surface area contributed by atoms with Crippen molar-refractivity contribution in [2.45, 2.75) is 51.2 Å². The van der Waals surface area contributed by atoms with E-state index < -0.39 is 42.7 Å². The van der Waals surface area contributed by atoms with Gasteiger partial charge in [-0.1, -0.05) is 62.4 Å². The molecule has 3 amide bonds. The number of amides is 3. The van der Waals surface area contributed by atoms with E-state index in [1.807, 2.05) is 62.4 Å². The topological polar surface area (TPSA) is 154 Å². The molecule has 1 aliphatic rings. The van der Waals surface area contributed by atoms with Crippen molar-refractivity contribution in [1.82, 2.24) is 16.0 Å². The number of fused-ring (bicyclic) bond motifs is 3. The molecule has 192 valence electrons. The first-order valence-corrected chi connectivity index (χ1v) is 11.8. The maximum absolute atomic E-state index is 12.7. The van der Waals surface area contributed by atoms with Crippen LogP contribution in [-0.4, -0.2) is 53.1 Å². The lowest BCUT2D eigenvalue weighted by molar-refractivity contribution is -0.140. The Balaban J connectivity index is 1.61. The molecular formula is C26H31N3O7. The van der Waals surface area contributed by atoms with Gasteiger partial charge in [0.15, 0.2) is 0 Å². The average molecular weight is 498 g/mol. The monoisotopic (exact) mass is 497 g/mol. The molecule has 0 unspecified atom stereocenters. The van der Waals surface area contributed by atoms with Crippen LogP contribution in [0.3, 0.4) is 0 Å². The molecule has 2 aromatic rings. The van der Waals surface area contributed by atoms with Crippen molar-refractivity contribution in [2.75, 3.05) is 6.61 Å². The number of alkyl carbamates (subject to hydrolysis) is 1. The summed E-state index contributed by atoms with van der Waals surface area (Å²) in [6.45, 7) is 3.80. The number of carboxylic acid groups (broad SMARTS) is 2. The van der Waals surface area contributed by atoms with E-state index in [1.165, 1.54) is 0 Å². The quantitative estimate of drug-likeness (QED) is 0.298. The molecule has 5 N–H and O–H groups in total. The summed E-state index contributed by atoms with van der Waals surface area (Å²) in [5.74, 6) is -2.83. The predicted octanol–water partition coefficient (Wildman–Crippen LogP) is 3.51. The highest BCUT2D eigenvalue weighted by Gasteiger charge is 2.30. The number of carboxylic acids is 2. The normalized spacial score (nSPS) is 14.5. The highest BCUT2D eigenvalue weighted by molar-refractivity contribution is 5.83. The number of nitrogens with one attached hydrogen (secondary N) is 3. The standard InChI is InChI=1S/C26H31N3O7/c1-3-15(2)23(28-25(34)27-21(24(32)33)12-13-22(30)31)29-26(35)36-14-20-18-10-6-4-8-16(18)17-9-5-7-11-19(17)20/h4-11,15,20-21,23H,3,12-14H2,1-2H3,(H,29,35)(H,30,31)(H,32,33)(H2,27,28,34)/t15-,21-,23-/m0/s1. The van der Waals surface area contributed by atoms with Crippen molar-refractivity contribution >= 4 is 24.1 Å². The molecule has 0 aliphatic heterocycles. The molecule has 0 spiro atoms. The molecule has 10 heteroatoms. The number of ether oxygens (including phenoxy) is 1. The minimum absolute atomic E-state index is 0.107. The summed E-state index contributed by atoms with van der Waals surface area (Å²) in [4.78, 5) is 47.2. The van der Waals surface area contributed by atoms with Gasteiger partial charge in [-0.15, -0.1) is 0 Å². The molecule has 0 radical (unpaired) electrons. The van der Waals surface area contributed by atoms with Gasteiger partial charge in [-0.2, -0.15) is 0 Å². The van der Waals surface area contributed by atoms with Crippen LogP contribution >= 0.6 is 0 Å². The molecule has 0 heterocycles. The van der Waals surface area contributed by atoms with Crippen LogP contribution in [0.2, 0.25) is 0 Å². The number of hydrogen-bond donors (Lipinski definition) is 5. The zero-order valence-corrected chi connectivity index (χ0v) is 20.2. The maximum Gasteiger partial charge on any atom is 0.408 e. The minimum atomic E-state index is -1.38. The van der Waals surface area contributed by atoms with Crippen LogP contribution in [0.4, 0.5) is 9.59 Å². The Kier molecular flexibility index (Phi) is 8.88. The van der Waals surface area contributed by atoms with Crippen LogP contribution in [0.1, 0.15) is 50.2 Å². The van der Waals surface area contributed by atoms with Gasteiger partial charge < -0.3 is 30.9 Å². The Morgan fingerprint density at radius 1 is 0.917 bits per heavy atom. The van der Waals surface area contributed by atoms with Gasteiger partial charge in [-0.3, -0.25) is 4.79 Å². The third-order valence-electron chi connectivity index (χ3n) is 6.37. The summed E-state index contributed by atoms with van der Waals surface area (Å²) >= 11 is 0. The first-order valence-electron chi connectivity index (χ1n) is 11.8. The molecule has 0 fully saturated rings. The lowest BCUT2D eigenvalue weighted by atomic mass is 9.98. The first kappa shape index (κ1) is 26.5.